The third-order valence-electron chi connectivity index (χ3n) is 3.03. The summed E-state index contributed by atoms with van der Waals surface area (Å²) in [7, 11) is 0. The summed E-state index contributed by atoms with van der Waals surface area (Å²) in [4.78, 5) is 12.3. The van der Waals surface area contributed by atoms with Crippen molar-refractivity contribution in [2.75, 3.05) is 17.7 Å². The van der Waals surface area contributed by atoms with Gasteiger partial charge in [-0.2, -0.15) is 11.8 Å². The van der Waals surface area contributed by atoms with Crippen LogP contribution in [0.15, 0.2) is 35.1 Å². The Balaban J connectivity index is 2.30. The Labute approximate surface area is 111 Å². The number of nitrogen functional groups attached to an aromatic ring is 1. The molecular formula is C14H18N2OS. The SMILES string of the molecule is CSCCCCn1c(N)cc2ccccc2c1=O. The second-order valence-electron chi connectivity index (χ2n) is 4.31. The third kappa shape index (κ3) is 2.70. The van der Waals surface area contributed by atoms with Crippen LogP contribution in [0.2, 0.25) is 0 Å². The van der Waals surface area contributed by atoms with Crippen molar-refractivity contribution in [2.24, 2.45) is 0 Å². The monoisotopic (exact) mass is 262 g/mol. The van der Waals surface area contributed by atoms with Crippen molar-refractivity contribution in [1.82, 2.24) is 4.57 Å². The van der Waals surface area contributed by atoms with E-state index in [9.17, 15) is 4.79 Å². The van der Waals surface area contributed by atoms with E-state index in [4.69, 9.17) is 5.73 Å². The zero-order valence-corrected chi connectivity index (χ0v) is 11.4. The molecule has 0 unspecified atom stereocenters. The predicted octanol–water partition coefficient (Wildman–Crippen LogP) is 2.73. The minimum atomic E-state index is 0.0229. The van der Waals surface area contributed by atoms with Crippen molar-refractivity contribution < 1.29 is 0 Å². The van der Waals surface area contributed by atoms with Gasteiger partial charge in [0.25, 0.3) is 5.56 Å². The fourth-order valence-corrected chi connectivity index (χ4v) is 2.56. The van der Waals surface area contributed by atoms with Gasteiger partial charge in [-0.1, -0.05) is 18.2 Å². The van der Waals surface area contributed by atoms with E-state index in [1.165, 1.54) is 0 Å². The number of unbranched alkanes of at least 4 members (excludes halogenated alkanes) is 1. The van der Waals surface area contributed by atoms with Gasteiger partial charge in [-0.15, -0.1) is 0 Å². The summed E-state index contributed by atoms with van der Waals surface area (Å²) in [6, 6.07) is 9.47. The first kappa shape index (κ1) is 13.0. The summed E-state index contributed by atoms with van der Waals surface area (Å²) in [5.41, 5.74) is 5.98. The van der Waals surface area contributed by atoms with Gasteiger partial charge in [-0.05, 0) is 42.4 Å². The molecule has 0 fully saturated rings. The van der Waals surface area contributed by atoms with Crippen molar-refractivity contribution in [3.05, 3.63) is 40.7 Å². The molecule has 4 heteroatoms. The Hall–Kier alpha value is -1.42. The van der Waals surface area contributed by atoms with Gasteiger partial charge in [0.1, 0.15) is 5.82 Å². The molecule has 1 aromatic carbocycles. The smallest absolute Gasteiger partial charge is 0.259 e. The summed E-state index contributed by atoms with van der Waals surface area (Å²) in [6.45, 7) is 0.704. The molecule has 0 aliphatic carbocycles. The molecule has 0 saturated heterocycles. The van der Waals surface area contributed by atoms with E-state index in [1.54, 1.807) is 4.57 Å². The molecule has 0 radical (unpaired) electrons. The Morgan fingerprint density at radius 2 is 2.06 bits per heavy atom. The predicted molar refractivity (Wildman–Crippen MR) is 80.2 cm³/mol. The Kier molecular flexibility index (Phi) is 4.31. The lowest BCUT2D eigenvalue weighted by molar-refractivity contribution is 0.627. The molecule has 2 N–H and O–H groups in total. The van der Waals surface area contributed by atoms with Crippen LogP contribution in [0.1, 0.15) is 12.8 Å². The second kappa shape index (κ2) is 5.96. The van der Waals surface area contributed by atoms with Crippen LogP contribution in [-0.4, -0.2) is 16.6 Å². The van der Waals surface area contributed by atoms with Gasteiger partial charge in [0, 0.05) is 11.9 Å². The molecule has 2 rings (SSSR count). The van der Waals surface area contributed by atoms with Crippen molar-refractivity contribution in [3.8, 4) is 0 Å². The number of aromatic nitrogens is 1. The van der Waals surface area contributed by atoms with Gasteiger partial charge in [0.15, 0.2) is 0 Å². The van der Waals surface area contributed by atoms with Gasteiger partial charge < -0.3 is 5.73 Å². The number of fused-ring (bicyclic) bond motifs is 1. The zero-order valence-electron chi connectivity index (χ0n) is 10.6. The molecule has 0 aliphatic rings. The topological polar surface area (TPSA) is 48.0 Å². The van der Waals surface area contributed by atoms with E-state index in [0.29, 0.717) is 12.4 Å². The molecule has 3 nitrogen and oxygen atoms in total. The standard InChI is InChI=1S/C14H18N2OS/c1-18-9-5-4-8-16-13(15)10-11-6-2-3-7-12(11)14(16)17/h2-3,6-7,10H,4-5,8-9,15H2,1H3. The molecule has 0 bridgehead atoms. The largest absolute Gasteiger partial charge is 0.385 e. The lowest BCUT2D eigenvalue weighted by Gasteiger charge is -2.10. The molecule has 1 heterocycles. The van der Waals surface area contributed by atoms with Crippen LogP contribution in [0.3, 0.4) is 0 Å². The normalized spacial score (nSPS) is 10.9. The average molecular weight is 262 g/mol. The van der Waals surface area contributed by atoms with E-state index in [-0.39, 0.29) is 5.56 Å². The first-order valence-corrected chi connectivity index (χ1v) is 7.50. The maximum atomic E-state index is 12.3. The van der Waals surface area contributed by atoms with E-state index in [2.05, 4.69) is 6.26 Å². The van der Waals surface area contributed by atoms with Crippen LogP contribution >= 0.6 is 11.8 Å². The van der Waals surface area contributed by atoms with Gasteiger partial charge in [0.05, 0.1) is 0 Å². The molecule has 2 aromatic rings. The average Bonchev–Trinajstić information content (AvgIpc) is 2.38. The van der Waals surface area contributed by atoms with Gasteiger partial charge in [-0.3, -0.25) is 9.36 Å². The number of hydrogen-bond donors (Lipinski definition) is 1. The summed E-state index contributed by atoms with van der Waals surface area (Å²) in [6.07, 6.45) is 4.19. The summed E-state index contributed by atoms with van der Waals surface area (Å²) in [5.74, 6) is 1.69. The number of nitrogens with two attached hydrogens (primary N) is 1. The Morgan fingerprint density at radius 3 is 2.83 bits per heavy atom. The number of nitrogens with zero attached hydrogens (tertiary/aromatic N) is 1. The molecular weight excluding hydrogens is 244 g/mol. The summed E-state index contributed by atoms with van der Waals surface area (Å²) < 4.78 is 1.68. The number of hydrogen-bond acceptors (Lipinski definition) is 3. The number of thioether (sulfide) groups is 1. The zero-order chi connectivity index (χ0) is 13.0. The summed E-state index contributed by atoms with van der Waals surface area (Å²) >= 11 is 1.83. The van der Waals surface area contributed by atoms with E-state index < -0.39 is 0 Å². The fourth-order valence-electron chi connectivity index (χ4n) is 2.06. The van der Waals surface area contributed by atoms with Crippen molar-refractivity contribution in [2.45, 2.75) is 19.4 Å². The number of benzene rings is 1. The maximum absolute atomic E-state index is 12.3. The molecule has 18 heavy (non-hydrogen) atoms. The van der Waals surface area contributed by atoms with Crippen LogP contribution in [-0.2, 0) is 6.54 Å². The van der Waals surface area contributed by atoms with Crippen LogP contribution in [0.25, 0.3) is 10.8 Å². The number of rotatable bonds is 5. The third-order valence-corrected chi connectivity index (χ3v) is 3.73. The molecule has 0 aliphatic heterocycles. The first-order valence-electron chi connectivity index (χ1n) is 6.11. The molecule has 0 spiro atoms. The molecule has 0 amide bonds. The summed E-state index contributed by atoms with van der Waals surface area (Å²) in [5, 5.41) is 1.66. The molecule has 0 saturated carbocycles. The number of anilines is 1. The molecule has 96 valence electrons. The van der Waals surface area contributed by atoms with Crippen molar-refractivity contribution in [1.29, 1.82) is 0 Å². The van der Waals surface area contributed by atoms with Crippen LogP contribution in [0.4, 0.5) is 5.82 Å². The molecule has 0 atom stereocenters. The number of pyridine rings is 1. The highest BCUT2D eigenvalue weighted by atomic mass is 32.2. The fraction of sp³-hybridized carbons (Fsp3) is 0.357. The van der Waals surface area contributed by atoms with Gasteiger partial charge in [0.2, 0.25) is 0 Å². The maximum Gasteiger partial charge on any atom is 0.259 e. The van der Waals surface area contributed by atoms with E-state index in [0.717, 1.165) is 29.4 Å². The van der Waals surface area contributed by atoms with Crippen LogP contribution in [0.5, 0.6) is 0 Å². The Bertz CT molecular complexity index is 592. The second-order valence-corrected chi connectivity index (χ2v) is 5.30. The highest BCUT2D eigenvalue weighted by molar-refractivity contribution is 7.98. The molecule has 1 aromatic heterocycles. The quantitative estimate of drug-likeness (QED) is 0.843. The van der Waals surface area contributed by atoms with Crippen LogP contribution < -0.4 is 11.3 Å². The lowest BCUT2D eigenvalue weighted by Crippen LogP contribution is -2.23. The lowest BCUT2D eigenvalue weighted by atomic mass is 10.1. The first-order chi connectivity index (χ1) is 8.74. The van der Waals surface area contributed by atoms with E-state index in [1.807, 2.05) is 42.1 Å². The van der Waals surface area contributed by atoms with Gasteiger partial charge >= 0.3 is 0 Å². The Morgan fingerprint density at radius 1 is 1.28 bits per heavy atom. The highest BCUT2D eigenvalue weighted by Crippen LogP contribution is 2.14. The van der Waals surface area contributed by atoms with E-state index >= 15 is 0 Å². The highest BCUT2D eigenvalue weighted by Gasteiger charge is 2.05. The van der Waals surface area contributed by atoms with Crippen LogP contribution in [0, 0.1) is 0 Å². The minimum Gasteiger partial charge on any atom is -0.385 e. The van der Waals surface area contributed by atoms with Crippen molar-refractivity contribution in [3.63, 3.8) is 0 Å². The minimum absolute atomic E-state index is 0.0229. The van der Waals surface area contributed by atoms with Gasteiger partial charge in [-0.25, -0.2) is 0 Å². The van der Waals surface area contributed by atoms with Crippen molar-refractivity contribution >= 4 is 28.4 Å².